The first-order chi connectivity index (χ1) is 12.2. The summed E-state index contributed by atoms with van der Waals surface area (Å²) in [6.45, 7) is 4.49. The van der Waals surface area contributed by atoms with Gasteiger partial charge in [0.25, 0.3) is 0 Å². The maximum Gasteiger partial charge on any atom is 0.161 e. The molecule has 0 amide bonds. The van der Waals surface area contributed by atoms with Crippen molar-refractivity contribution in [3.8, 4) is 11.5 Å². The lowest BCUT2D eigenvalue weighted by atomic mass is 9.87. The Balaban J connectivity index is 1.69. The second-order valence-corrected chi connectivity index (χ2v) is 6.74. The van der Waals surface area contributed by atoms with Crippen LogP contribution in [0.2, 0.25) is 0 Å². The number of aryl methyl sites for hydroxylation is 1. The van der Waals surface area contributed by atoms with Gasteiger partial charge in [-0.25, -0.2) is 0 Å². The molecule has 0 saturated heterocycles. The van der Waals surface area contributed by atoms with Crippen molar-refractivity contribution in [2.45, 2.75) is 38.6 Å². The second-order valence-electron chi connectivity index (χ2n) is 6.74. The molecule has 134 valence electrons. The molecule has 0 fully saturated rings. The van der Waals surface area contributed by atoms with Gasteiger partial charge < -0.3 is 9.47 Å². The highest BCUT2D eigenvalue weighted by molar-refractivity contribution is 5.48. The van der Waals surface area contributed by atoms with Crippen molar-refractivity contribution in [3.05, 3.63) is 59.2 Å². The predicted molar refractivity (Wildman–Crippen MR) is 103 cm³/mol. The monoisotopic (exact) mass is 339 g/mol. The summed E-state index contributed by atoms with van der Waals surface area (Å²) in [6, 6.07) is 15.7. The smallest absolute Gasteiger partial charge is 0.161 e. The quantitative estimate of drug-likeness (QED) is 0.757. The van der Waals surface area contributed by atoms with E-state index in [1.807, 2.05) is 0 Å². The average molecular weight is 339 g/mol. The zero-order chi connectivity index (χ0) is 17.6. The lowest BCUT2D eigenvalue weighted by molar-refractivity contribution is 0.191. The van der Waals surface area contributed by atoms with E-state index in [2.05, 4.69) is 54.3 Å². The number of benzene rings is 2. The number of hydrogen-bond donors (Lipinski definition) is 0. The fourth-order valence-corrected chi connectivity index (χ4v) is 3.89. The molecule has 0 radical (unpaired) electrons. The van der Waals surface area contributed by atoms with E-state index in [0.717, 1.165) is 43.9 Å². The van der Waals surface area contributed by atoms with Crippen molar-refractivity contribution in [1.82, 2.24) is 4.90 Å². The third-order valence-corrected chi connectivity index (χ3v) is 5.36. The van der Waals surface area contributed by atoms with Crippen LogP contribution < -0.4 is 9.47 Å². The lowest BCUT2D eigenvalue weighted by Crippen LogP contribution is -2.40. The zero-order valence-corrected chi connectivity index (χ0v) is 15.6. The summed E-state index contributed by atoms with van der Waals surface area (Å²) in [5, 5.41) is 0. The predicted octanol–water partition coefficient (Wildman–Crippen LogP) is 4.13. The van der Waals surface area contributed by atoms with Gasteiger partial charge in [0, 0.05) is 12.6 Å². The molecule has 2 aromatic rings. The number of rotatable bonds is 7. The van der Waals surface area contributed by atoms with Gasteiger partial charge >= 0.3 is 0 Å². The van der Waals surface area contributed by atoms with Crippen molar-refractivity contribution in [2.24, 2.45) is 0 Å². The molecule has 1 aliphatic rings. The molecule has 0 heterocycles. The highest BCUT2D eigenvalue weighted by Gasteiger charge is 2.25. The summed E-state index contributed by atoms with van der Waals surface area (Å²) >= 11 is 0. The topological polar surface area (TPSA) is 21.7 Å². The molecular weight excluding hydrogens is 310 g/mol. The van der Waals surface area contributed by atoms with Crippen LogP contribution in [0.25, 0.3) is 0 Å². The third-order valence-electron chi connectivity index (χ3n) is 5.36. The molecule has 25 heavy (non-hydrogen) atoms. The standard InChI is InChI=1S/C22H29NO2/c1-4-23(13-12-17-8-6-5-7-9-17)20-11-10-18-15-21(24-2)22(25-3)16-19(18)14-20/h5-9,15-16,20H,4,10-14H2,1-3H3. The fraction of sp³-hybridized carbons (Fsp3) is 0.455. The summed E-state index contributed by atoms with van der Waals surface area (Å²) in [4.78, 5) is 2.63. The zero-order valence-electron chi connectivity index (χ0n) is 15.6. The van der Waals surface area contributed by atoms with E-state index >= 15 is 0 Å². The maximum atomic E-state index is 5.49. The van der Waals surface area contributed by atoms with Crippen LogP contribution in [0.15, 0.2) is 42.5 Å². The van der Waals surface area contributed by atoms with Crippen LogP contribution in [0, 0.1) is 0 Å². The molecule has 0 aromatic heterocycles. The number of nitrogens with zero attached hydrogens (tertiary/aromatic N) is 1. The number of hydrogen-bond acceptors (Lipinski definition) is 3. The van der Waals surface area contributed by atoms with Crippen LogP contribution in [0.3, 0.4) is 0 Å². The second kappa shape index (κ2) is 8.39. The van der Waals surface area contributed by atoms with Crippen molar-refractivity contribution in [2.75, 3.05) is 27.3 Å². The van der Waals surface area contributed by atoms with Crippen molar-refractivity contribution < 1.29 is 9.47 Å². The maximum absolute atomic E-state index is 5.49. The van der Waals surface area contributed by atoms with Crippen LogP contribution >= 0.6 is 0 Å². The van der Waals surface area contributed by atoms with Crippen LogP contribution in [0.5, 0.6) is 11.5 Å². The number of fused-ring (bicyclic) bond motifs is 1. The van der Waals surface area contributed by atoms with E-state index < -0.39 is 0 Å². The molecule has 3 rings (SSSR count). The van der Waals surface area contributed by atoms with E-state index in [1.165, 1.54) is 23.1 Å². The molecule has 1 aliphatic carbocycles. The van der Waals surface area contributed by atoms with Crippen molar-refractivity contribution >= 4 is 0 Å². The Morgan fingerprint density at radius 3 is 2.32 bits per heavy atom. The minimum atomic E-state index is 0.610. The highest BCUT2D eigenvalue weighted by atomic mass is 16.5. The van der Waals surface area contributed by atoms with E-state index in [1.54, 1.807) is 14.2 Å². The highest BCUT2D eigenvalue weighted by Crippen LogP contribution is 2.35. The fourth-order valence-electron chi connectivity index (χ4n) is 3.89. The summed E-state index contributed by atoms with van der Waals surface area (Å²) in [6.07, 6.45) is 4.54. The molecule has 1 atom stereocenters. The van der Waals surface area contributed by atoms with Gasteiger partial charge in [0.15, 0.2) is 11.5 Å². The normalized spacial score (nSPS) is 16.6. The first kappa shape index (κ1) is 17.8. The van der Waals surface area contributed by atoms with Crippen molar-refractivity contribution in [1.29, 1.82) is 0 Å². The molecule has 0 N–H and O–H groups in total. The Bertz CT molecular complexity index is 684. The minimum absolute atomic E-state index is 0.610. The van der Waals surface area contributed by atoms with Gasteiger partial charge in [0.1, 0.15) is 0 Å². The van der Waals surface area contributed by atoms with Crippen LogP contribution in [0.4, 0.5) is 0 Å². The van der Waals surface area contributed by atoms with Gasteiger partial charge in [0.2, 0.25) is 0 Å². The summed E-state index contributed by atoms with van der Waals surface area (Å²) in [7, 11) is 3.42. The molecule has 0 aliphatic heterocycles. The number of ether oxygens (including phenoxy) is 2. The van der Waals surface area contributed by atoms with Gasteiger partial charge in [-0.2, -0.15) is 0 Å². The van der Waals surface area contributed by atoms with E-state index in [4.69, 9.17) is 9.47 Å². The molecule has 0 bridgehead atoms. The van der Waals surface area contributed by atoms with Crippen LogP contribution in [-0.4, -0.2) is 38.3 Å². The van der Waals surface area contributed by atoms with Gasteiger partial charge in [-0.15, -0.1) is 0 Å². The van der Waals surface area contributed by atoms with Crippen LogP contribution in [-0.2, 0) is 19.3 Å². The molecule has 2 aromatic carbocycles. The third kappa shape index (κ3) is 4.16. The SMILES string of the molecule is CCN(CCc1ccccc1)C1CCc2cc(OC)c(OC)cc2C1. The largest absolute Gasteiger partial charge is 0.493 e. The Hall–Kier alpha value is -2.00. The Morgan fingerprint density at radius 1 is 1.00 bits per heavy atom. The van der Waals surface area contributed by atoms with Crippen LogP contribution in [0.1, 0.15) is 30.0 Å². The van der Waals surface area contributed by atoms with Gasteiger partial charge in [-0.1, -0.05) is 37.3 Å². The number of likely N-dealkylation sites (N-methyl/N-ethyl adjacent to an activating group) is 1. The lowest BCUT2D eigenvalue weighted by Gasteiger charge is -2.35. The first-order valence-electron chi connectivity index (χ1n) is 9.27. The Labute approximate surface area is 151 Å². The van der Waals surface area contributed by atoms with E-state index in [0.29, 0.717) is 6.04 Å². The summed E-state index contributed by atoms with van der Waals surface area (Å²) < 4.78 is 10.9. The Kier molecular flexibility index (Phi) is 5.98. The van der Waals surface area contributed by atoms with E-state index in [9.17, 15) is 0 Å². The van der Waals surface area contributed by atoms with Gasteiger partial charge in [-0.05, 0) is 61.1 Å². The molecule has 0 saturated carbocycles. The molecule has 3 nitrogen and oxygen atoms in total. The molecule has 1 unspecified atom stereocenters. The number of methoxy groups -OCH3 is 2. The van der Waals surface area contributed by atoms with E-state index in [-0.39, 0.29) is 0 Å². The average Bonchev–Trinajstić information content (AvgIpc) is 2.68. The minimum Gasteiger partial charge on any atom is -0.493 e. The molecule has 3 heteroatoms. The summed E-state index contributed by atoms with van der Waals surface area (Å²) in [5.41, 5.74) is 4.24. The van der Waals surface area contributed by atoms with Crippen molar-refractivity contribution in [3.63, 3.8) is 0 Å². The van der Waals surface area contributed by atoms with Gasteiger partial charge in [-0.3, -0.25) is 4.90 Å². The molecule has 0 spiro atoms. The summed E-state index contributed by atoms with van der Waals surface area (Å²) in [5.74, 6) is 1.69. The van der Waals surface area contributed by atoms with Gasteiger partial charge in [0.05, 0.1) is 14.2 Å². The first-order valence-corrected chi connectivity index (χ1v) is 9.27. The Morgan fingerprint density at radius 2 is 1.68 bits per heavy atom. The molecular formula is C22H29NO2.